The fraction of sp³-hybridized carbons (Fsp3) is 0.188. The number of methoxy groups -OCH3 is 2. The Bertz CT molecular complexity index is 668. The van der Waals surface area contributed by atoms with Crippen molar-refractivity contribution in [2.75, 3.05) is 19.5 Å². The number of halogens is 1. The van der Waals surface area contributed by atoms with Gasteiger partial charge in [-0.05, 0) is 24.3 Å². The number of para-hydroxylation sites is 1. The first kappa shape index (κ1) is 15.0. The molecular weight excluding hydrogens is 288 g/mol. The predicted octanol–water partition coefficient (Wildman–Crippen LogP) is 4.03. The normalized spacial score (nSPS) is 11.3. The number of nitrogens with zero attached hydrogens (tertiary/aromatic N) is 1. The van der Waals surface area contributed by atoms with Crippen molar-refractivity contribution in [2.45, 2.75) is 6.04 Å². The van der Waals surface area contributed by atoms with E-state index in [0.29, 0.717) is 22.2 Å². The van der Waals surface area contributed by atoms with E-state index in [-0.39, 0.29) is 0 Å². The summed E-state index contributed by atoms with van der Waals surface area (Å²) in [7, 11) is 3.14. The van der Waals surface area contributed by atoms with Gasteiger partial charge in [0.2, 0.25) is 0 Å². The molecule has 0 aliphatic carbocycles. The fourth-order valence-corrected chi connectivity index (χ4v) is 2.16. The molecule has 0 aromatic heterocycles. The van der Waals surface area contributed by atoms with Crippen LogP contribution >= 0.6 is 11.6 Å². The van der Waals surface area contributed by atoms with Gasteiger partial charge in [0.1, 0.15) is 17.5 Å². The first-order valence-corrected chi connectivity index (χ1v) is 6.70. The van der Waals surface area contributed by atoms with Crippen LogP contribution in [0, 0.1) is 11.3 Å². The number of nitriles is 1. The standard InChI is InChI=1S/C16H15ClN2O2/c1-20-11-7-8-12(16(9-11)21-2)15(10-18)19-14-6-4-3-5-13(14)17/h3-9,15,19H,1-2H3. The van der Waals surface area contributed by atoms with Crippen LogP contribution in [0.3, 0.4) is 0 Å². The maximum atomic E-state index is 9.44. The van der Waals surface area contributed by atoms with Crippen LogP contribution in [0.15, 0.2) is 42.5 Å². The molecule has 0 fully saturated rings. The number of benzene rings is 2. The summed E-state index contributed by atoms with van der Waals surface area (Å²) in [5, 5.41) is 13.1. The van der Waals surface area contributed by atoms with Crippen molar-refractivity contribution in [3.8, 4) is 17.6 Å². The van der Waals surface area contributed by atoms with Crippen molar-refractivity contribution in [3.05, 3.63) is 53.1 Å². The third kappa shape index (κ3) is 3.39. The van der Waals surface area contributed by atoms with Crippen molar-refractivity contribution in [3.63, 3.8) is 0 Å². The number of anilines is 1. The molecule has 0 saturated heterocycles. The molecule has 1 atom stereocenters. The minimum absolute atomic E-state index is 0.560. The van der Waals surface area contributed by atoms with Gasteiger partial charge in [0.15, 0.2) is 0 Å². The lowest BCUT2D eigenvalue weighted by atomic mass is 10.1. The minimum Gasteiger partial charge on any atom is -0.497 e. The monoisotopic (exact) mass is 302 g/mol. The lowest BCUT2D eigenvalue weighted by Gasteiger charge is -2.17. The number of hydrogen-bond donors (Lipinski definition) is 1. The summed E-state index contributed by atoms with van der Waals surface area (Å²) in [6.07, 6.45) is 0. The molecule has 0 radical (unpaired) electrons. The molecule has 5 heteroatoms. The third-order valence-electron chi connectivity index (χ3n) is 3.05. The number of hydrogen-bond acceptors (Lipinski definition) is 4. The summed E-state index contributed by atoms with van der Waals surface area (Å²) in [6.45, 7) is 0. The summed E-state index contributed by atoms with van der Waals surface area (Å²) in [5.41, 5.74) is 1.42. The first-order chi connectivity index (χ1) is 10.2. The van der Waals surface area contributed by atoms with E-state index >= 15 is 0 Å². The molecule has 0 amide bonds. The van der Waals surface area contributed by atoms with Crippen molar-refractivity contribution in [2.24, 2.45) is 0 Å². The summed E-state index contributed by atoms with van der Waals surface area (Å²) in [5.74, 6) is 1.26. The van der Waals surface area contributed by atoms with Gasteiger partial charge >= 0.3 is 0 Å². The van der Waals surface area contributed by atoms with Crippen molar-refractivity contribution in [1.82, 2.24) is 0 Å². The lowest BCUT2D eigenvalue weighted by molar-refractivity contribution is 0.390. The topological polar surface area (TPSA) is 54.3 Å². The van der Waals surface area contributed by atoms with Crippen molar-refractivity contribution in [1.29, 1.82) is 5.26 Å². The Hall–Kier alpha value is -2.38. The number of rotatable bonds is 5. The average molecular weight is 303 g/mol. The van der Waals surface area contributed by atoms with Crippen LogP contribution in [0.1, 0.15) is 11.6 Å². The Morgan fingerprint density at radius 1 is 1.14 bits per heavy atom. The first-order valence-electron chi connectivity index (χ1n) is 6.32. The second-order valence-electron chi connectivity index (χ2n) is 4.29. The van der Waals surface area contributed by atoms with Gasteiger partial charge in [-0.3, -0.25) is 0 Å². The van der Waals surface area contributed by atoms with Crippen molar-refractivity contribution >= 4 is 17.3 Å². The Morgan fingerprint density at radius 2 is 1.90 bits per heavy atom. The minimum atomic E-state index is -0.578. The van der Waals surface area contributed by atoms with Crippen LogP contribution in [-0.2, 0) is 0 Å². The Balaban J connectivity index is 2.34. The van der Waals surface area contributed by atoms with E-state index in [1.54, 1.807) is 38.5 Å². The summed E-state index contributed by atoms with van der Waals surface area (Å²) in [6, 6.07) is 14.3. The van der Waals surface area contributed by atoms with Gasteiger partial charge in [-0.1, -0.05) is 23.7 Å². The third-order valence-corrected chi connectivity index (χ3v) is 3.38. The largest absolute Gasteiger partial charge is 0.497 e. The zero-order valence-electron chi connectivity index (χ0n) is 11.8. The second kappa shape index (κ2) is 6.87. The van der Waals surface area contributed by atoms with E-state index in [0.717, 1.165) is 5.56 Å². The molecule has 2 aromatic carbocycles. The predicted molar refractivity (Wildman–Crippen MR) is 83.0 cm³/mol. The van der Waals surface area contributed by atoms with Gasteiger partial charge in [0.05, 0.1) is 31.0 Å². The Labute approximate surface area is 128 Å². The zero-order chi connectivity index (χ0) is 15.2. The number of nitrogens with one attached hydrogen (secondary N) is 1. The van der Waals surface area contributed by atoms with Crippen LogP contribution in [-0.4, -0.2) is 14.2 Å². The van der Waals surface area contributed by atoms with Crippen LogP contribution in [0.2, 0.25) is 5.02 Å². The van der Waals surface area contributed by atoms with E-state index in [4.69, 9.17) is 21.1 Å². The highest BCUT2D eigenvalue weighted by Crippen LogP contribution is 2.32. The number of ether oxygens (including phenoxy) is 2. The van der Waals surface area contributed by atoms with Gasteiger partial charge in [0.25, 0.3) is 0 Å². The van der Waals surface area contributed by atoms with E-state index in [1.165, 1.54) is 0 Å². The average Bonchev–Trinajstić information content (AvgIpc) is 2.53. The molecule has 0 heterocycles. The molecule has 2 rings (SSSR count). The molecule has 1 N–H and O–H groups in total. The summed E-state index contributed by atoms with van der Waals surface area (Å²) < 4.78 is 10.5. The molecule has 2 aromatic rings. The zero-order valence-corrected chi connectivity index (χ0v) is 12.5. The molecule has 4 nitrogen and oxygen atoms in total. The highest BCUT2D eigenvalue weighted by atomic mass is 35.5. The molecule has 0 bridgehead atoms. The molecule has 0 aliphatic heterocycles. The fourth-order valence-electron chi connectivity index (χ4n) is 1.97. The van der Waals surface area contributed by atoms with Crippen LogP contribution < -0.4 is 14.8 Å². The highest BCUT2D eigenvalue weighted by molar-refractivity contribution is 6.33. The van der Waals surface area contributed by atoms with E-state index in [2.05, 4.69) is 11.4 Å². The molecule has 0 aliphatic rings. The van der Waals surface area contributed by atoms with Gasteiger partial charge in [0, 0.05) is 11.6 Å². The van der Waals surface area contributed by atoms with Crippen LogP contribution in [0.5, 0.6) is 11.5 Å². The van der Waals surface area contributed by atoms with Crippen LogP contribution in [0.4, 0.5) is 5.69 Å². The maximum Gasteiger partial charge on any atom is 0.143 e. The summed E-state index contributed by atoms with van der Waals surface area (Å²) in [4.78, 5) is 0. The molecule has 0 spiro atoms. The second-order valence-corrected chi connectivity index (χ2v) is 4.70. The quantitative estimate of drug-likeness (QED) is 0.906. The Morgan fingerprint density at radius 3 is 2.52 bits per heavy atom. The molecule has 21 heavy (non-hydrogen) atoms. The van der Waals surface area contributed by atoms with Gasteiger partial charge < -0.3 is 14.8 Å². The van der Waals surface area contributed by atoms with E-state index in [1.807, 2.05) is 18.2 Å². The summed E-state index contributed by atoms with van der Waals surface area (Å²) >= 11 is 6.11. The Kier molecular flexibility index (Phi) is 4.91. The van der Waals surface area contributed by atoms with Gasteiger partial charge in [-0.2, -0.15) is 5.26 Å². The molecule has 1 unspecified atom stereocenters. The maximum absolute atomic E-state index is 9.44. The van der Waals surface area contributed by atoms with Crippen LogP contribution in [0.25, 0.3) is 0 Å². The molecule has 108 valence electrons. The van der Waals surface area contributed by atoms with E-state index in [9.17, 15) is 5.26 Å². The molecular formula is C16H15ClN2O2. The van der Waals surface area contributed by atoms with Gasteiger partial charge in [-0.15, -0.1) is 0 Å². The van der Waals surface area contributed by atoms with E-state index < -0.39 is 6.04 Å². The SMILES string of the molecule is COc1ccc(C(C#N)Nc2ccccc2Cl)c(OC)c1. The molecule has 0 saturated carbocycles. The highest BCUT2D eigenvalue weighted by Gasteiger charge is 2.17. The smallest absolute Gasteiger partial charge is 0.143 e. The lowest BCUT2D eigenvalue weighted by Crippen LogP contribution is -2.10. The van der Waals surface area contributed by atoms with Crippen molar-refractivity contribution < 1.29 is 9.47 Å². The van der Waals surface area contributed by atoms with Gasteiger partial charge in [-0.25, -0.2) is 0 Å².